The van der Waals surface area contributed by atoms with E-state index < -0.39 is 6.10 Å². The molecule has 0 spiro atoms. The van der Waals surface area contributed by atoms with Crippen molar-refractivity contribution in [1.82, 2.24) is 0 Å². The van der Waals surface area contributed by atoms with Crippen molar-refractivity contribution >= 4 is 17.9 Å². The van der Waals surface area contributed by atoms with E-state index in [-0.39, 0.29) is 31.1 Å². The van der Waals surface area contributed by atoms with Gasteiger partial charge in [0.2, 0.25) is 0 Å². The van der Waals surface area contributed by atoms with Gasteiger partial charge in [0.1, 0.15) is 13.2 Å². The van der Waals surface area contributed by atoms with Crippen LogP contribution in [0.15, 0.2) is 60.8 Å². The molecule has 75 heavy (non-hydrogen) atoms. The lowest BCUT2D eigenvalue weighted by molar-refractivity contribution is -0.167. The van der Waals surface area contributed by atoms with E-state index in [4.69, 9.17) is 14.2 Å². The molecule has 436 valence electrons. The van der Waals surface area contributed by atoms with Crippen LogP contribution in [0.5, 0.6) is 0 Å². The summed E-state index contributed by atoms with van der Waals surface area (Å²) in [6.07, 6.45) is 80.9. The van der Waals surface area contributed by atoms with Gasteiger partial charge in [-0.05, 0) is 83.5 Å². The monoisotopic (exact) mass is 1050 g/mol. The predicted molar refractivity (Wildman–Crippen MR) is 325 cm³/mol. The van der Waals surface area contributed by atoms with Gasteiger partial charge in [-0.3, -0.25) is 14.4 Å². The maximum Gasteiger partial charge on any atom is 0.306 e. The lowest BCUT2D eigenvalue weighted by Gasteiger charge is -2.18. The number of hydrogen-bond donors (Lipinski definition) is 0. The van der Waals surface area contributed by atoms with Crippen molar-refractivity contribution < 1.29 is 28.6 Å². The van der Waals surface area contributed by atoms with Crippen LogP contribution >= 0.6 is 0 Å². The van der Waals surface area contributed by atoms with Crippen molar-refractivity contribution in [2.45, 2.75) is 348 Å². The van der Waals surface area contributed by atoms with Crippen molar-refractivity contribution in [2.24, 2.45) is 0 Å². The molecule has 0 saturated heterocycles. The summed E-state index contributed by atoms with van der Waals surface area (Å²) in [6.45, 7) is 6.57. The van der Waals surface area contributed by atoms with Crippen LogP contribution in [-0.4, -0.2) is 37.2 Å². The molecule has 0 aliphatic carbocycles. The molecule has 0 heterocycles. The zero-order valence-electron chi connectivity index (χ0n) is 50.1. The molecule has 0 rings (SSSR count). The fourth-order valence-corrected chi connectivity index (χ4v) is 9.61. The summed E-state index contributed by atoms with van der Waals surface area (Å²) in [5.74, 6) is -0.861. The smallest absolute Gasteiger partial charge is 0.306 e. The molecule has 1 unspecified atom stereocenters. The van der Waals surface area contributed by atoms with Crippen LogP contribution in [0.3, 0.4) is 0 Å². The summed E-state index contributed by atoms with van der Waals surface area (Å²) in [6, 6.07) is 0. The van der Waals surface area contributed by atoms with Crippen molar-refractivity contribution in [3.63, 3.8) is 0 Å². The molecule has 0 aromatic rings. The Morgan fingerprint density at radius 2 is 0.520 bits per heavy atom. The number of rotatable bonds is 60. The summed E-state index contributed by atoms with van der Waals surface area (Å²) in [5.41, 5.74) is 0. The van der Waals surface area contributed by atoms with Gasteiger partial charge in [-0.1, -0.05) is 300 Å². The molecule has 6 nitrogen and oxygen atoms in total. The highest BCUT2D eigenvalue weighted by Gasteiger charge is 2.19. The first-order chi connectivity index (χ1) is 37.0. The average molecular weight is 1050 g/mol. The Kier molecular flexibility index (Phi) is 61.2. The lowest BCUT2D eigenvalue weighted by Crippen LogP contribution is -2.30. The number of carbonyl (C=O) groups excluding carboxylic acids is 3. The van der Waals surface area contributed by atoms with Crippen LogP contribution < -0.4 is 0 Å². The SMILES string of the molecule is CC/C=C\C/C=C\C/C=C\C/C=C\CCCCCCCCCCCCCCCCC(=O)OCC(COC(=O)CCCCCCCCCCCCCCCC)OC(=O)CCCCCCC/C=C\CCCCCCCCC. The molecule has 0 aromatic heterocycles. The Morgan fingerprint density at radius 1 is 0.280 bits per heavy atom. The highest BCUT2D eigenvalue weighted by molar-refractivity contribution is 5.71. The fourth-order valence-electron chi connectivity index (χ4n) is 9.61. The summed E-state index contributed by atoms with van der Waals surface area (Å²) >= 11 is 0. The molecule has 0 aliphatic rings. The Hall–Kier alpha value is -2.89. The zero-order valence-corrected chi connectivity index (χ0v) is 50.1. The first kappa shape index (κ1) is 72.1. The van der Waals surface area contributed by atoms with Crippen molar-refractivity contribution in [3.8, 4) is 0 Å². The van der Waals surface area contributed by atoms with Gasteiger partial charge in [0.05, 0.1) is 0 Å². The van der Waals surface area contributed by atoms with E-state index in [9.17, 15) is 14.4 Å². The van der Waals surface area contributed by atoms with E-state index in [1.807, 2.05) is 0 Å². The Balaban J connectivity index is 4.25. The third-order valence-corrected chi connectivity index (χ3v) is 14.5. The van der Waals surface area contributed by atoms with E-state index in [1.54, 1.807) is 0 Å². The van der Waals surface area contributed by atoms with Crippen LogP contribution in [0.2, 0.25) is 0 Å². The topological polar surface area (TPSA) is 78.9 Å². The molecule has 6 heteroatoms. The van der Waals surface area contributed by atoms with Crippen LogP contribution in [0.4, 0.5) is 0 Å². The van der Waals surface area contributed by atoms with Gasteiger partial charge in [0.15, 0.2) is 6.10 Å². The Bertz CT molecular complexity index is 1340. The van der Waals surface area contributed by atoms with Crippen LogP contribution in [-0.2, 0) is 28.6 Å². The van der Waals surface area contributed by atoms with E-state index in [2.05, 4.69) is 81.5 Å². The molecule has 0 aliphatic heterocycles. The highest BCUT2D eigenvalue weighted by Crippen LogP contribution is 2.17. The fraction of sp³-hybridized carbons (Fsp3) is 0.812. The number of unbranched alkanes of at least 4 members (excludes halogenated alkanes) is 39. The molecule has 0 N–H and O–H groups in total. The second-order valence-electron chi connectivity index (χ2n) is 22.0. The van der Waals surface area contributed by atoms with E-state index in [0.29, 0.717) is 19.3 Å². The molecule has 0 aromatic carbocycles. The lowest BCUT2D eigenvalue weighted by atomic mass is 10.0. The van der Waals surface area contributed by atoms with Crippen molar-refractivity contribution in [3.05, 3.63) is 60.8 Å². The maximum absolute atomic E-state index is 12.9. The standard InChI is InChI=1S/C69H124O6/c1-4-7-10-13-16-19-22-25-28-30-31-32-33-34-35-36-37-38-39-40-42-44-47-50-53-56-59-62-68(71)74-65-66(64-73-67(70)61-58-55-52-49-46-43-27-24-21-18-15-12-9-6-3)75-69(72)63-60-57-54-51-48-45-41-29-26-23-20-17-14-11-8-5-2/h7,10,16,19,25,28-29,31-32,41,66H,4-6,8-9,11-15,17-18,20-24,26-27,30,33-40,42-65H2,1-3H3/b10-7-,19-16-,28-25-,32-31-,41-29-. The van der Waals surface area contributed by atoms with Crippen LogP contribution in [0.1, 0.15) is 342 Å². The quantitative estimate of drug-likeness (QED) is 0.0261. The number of esters is 3. The second kappa shape index (κ2) is 63.6. The molecule has 0 saturated carbocycles. The molecule has 0 amide bonds. The summed E-state index contributed by atoms with van der Waals surface area (Å²) < 4.78 is 16.9. The van der Waals surface area contributed by atoms with Gasteiger partial charge in [-0.25, -0.2) is 0 Å². The molecule has 1 atom stereocenters. The first-order valence-corrected chi connectivity index (χ1v) is 32.8. The van der Waals surface area contributed by atoms with E-state index in [1.165, 1.54) is 212 Å². The van der Waals surface area contributed by atoms with Crippen molar-refractivity contribution in [1.29, 1.82) is 0 Å². The van der Waals surface area contributed by atoms with Gasteiger partial charge in [-0.15, -0.1) is 0 Å². The molecule has 0 radical (unpaired) electrons. The first-order valence-electron chi connectivity index (χ1n) is 32.8. The molecular formula is C69H124O6. The number of allylic oxidation sites excluding steroid dienone is 10. The summed E-state index contributed by atoms with van der Waals surface area (Å²) in [4.78, 5) is 38.3. The van der Waals surface area contributed by atoms with Gasteiger partial charge >= 0.3 is 17.9 Å². The average Bonchev–Trinajstić information content (AvgIpc) is 3.41. The predicted octanol–water partition coefficient (Wildman–Crippen LogP) is 22.3. The van der Waals surface area contributed by atoms with Gasteiger partial charge in [0, 0.05) is 19.3 Å². The number of ether oxygens (including phenoxy) is 3. The molecular weight excluding hydrogens is 925 g/mol. The Labute approximate surface area is 466 Å². The summed E-state index contributed by atoms with van der Waals surface area (Å²) in [7, 11) is 0. The second-order valence-corrected chi connectivity index (χ2v) is 22.0. The van der Waals surface area contributed by atoms with Gasteiger partial charge in [-0.2, -0.15) is 0 Å². The minimum absolute atomic E-state index is 0.0727. The van der Waals surface area contributed by atoms with E-state index in [0.717, 1.165) is 89.9 Å². The molecule has 0 bridgehead atoms. The van der Waals surface area contributed by atoms with Gasteiger partial charge in [0.25, 0.3) is 0 Å². The third kappa shape index (κ3) is 61.8. The highest BCUT2D eigenvalue weighted by atomic mass is 16.6. The van der Waals surface area contributed by atoms with E-state index >= 15 is 0 Å². The number of hydrogen-bond acceptors (Lipinski definition) is 6. The minimum atomic E-state index is -0.776. The largest absolute Gasteiger partial charge is 0.462 e. The number of carbonyl (C=O) groups is 3. The minimum Gasteiger partial charge on any atom is -0.462 e. The maximum atomic E-state index is 12.9. The normalized spacial score (nSPS) is 12.4. The summed E-state index contributed by atoms with van der Waals surface area (Å²) in [5, 5.41) is 0. The zero-order chi connectivity index (χ0) is 54.3. The van der Waals surface area contributed by atoms with Gasteiger partial charge < -0.3 is 14.2 Å². The molecule has 0 fully saturated rings. The Morgan fingerprint density at radius 3 is 0.827 bits per heavy atom. The van der Waals surface area contributed by atoms with Crippen LogP contribution in [0.25, 0.3) is 0 Å². The third-order valence-electron chi connectivity index (χ3n) is 14.5. The van der Waals surface area contributed by atoms with Crippen molar-refractivity contribution in [2.75, 3.05) is 13.2 Å². The van der Waals surface area contributed by atoms with Crippen LogP contribution in [0, 0.1) is 0 Å².